The fraction of sp³-hybridized carbons (Fsp3) is 0.417. The SMILES string of the molecule is O=C1C[C@@H](O)Oc2cc(OCCCCl)ccc21. The van der Waals surface area contributed by atoms with E-state index < -0.39 is 6.29 Å². The molecule has 0 spiro atoms. The predicted octanol–water partition coefficient (Wildman–Crippen LogP) is 1.98. The number of aliphatic hydroxyl groups is 1. The first-order valence-corrected chi connectivity index (χ1v) is 5.95. The number of benzene rings is 1. The van der Waals surface area contributed by atoms with Gasteiger partial charge in [-0.05, 0) is 18.6 Å². The van der Waals surface area contributed by atoms with Gasteiger partial charge in [-0.3, -0.25) is 4.79 Å². The summed E-state index contributed by atoms with van der Waals surface area (Å²) in [6.45, 7) is 0.513. The van der Waals surface area contributed by atoms with Crippen LogP contribution in [0.1, 0.15) is 23.2 Å². The highest BCUT2D eigenvalue weighted by molar-refractivity contribution is 6.17. The summed E-state index contributed by atoms with van der Waals surface area (Å²) in [5.74, 6) is 1.40. The Kier molecular flexibility index (Phi) is 3.86. The van der Waals surface area contributed by atoms with Crippen LogP contribution in [0.2, 0.25) is 0 Å². The van der Waals surface area contributed by atoms with Gasteiger partial charge < -0.3 is 14.6 Å². The molecular weight excluding hydrogens is 244 g/mol. The molecule has 2 rings (SSSR count). The van der Waals surface area contributed by atoms with Crippen LogP contribution >= 0.6 is 11.6 Å². The molecule has 4 nitrogen and oxygen atoms in total. The molecule has 1 aromatic rings. The number of ether oxygens (including phenoxy) is 2. The smallest absolute Gasteiger partial charge is 0.204 e. The van der Waals surface area contributed by atoms with Crippen molar-refractivity contribution in [2.24, 2.45) is 0 Å². The monoisotopic (exact) mass is 256 g/mol. The van der Waals surface area contributed by atoms with Crippen LogP contribution in [0.3, 0.4) is 0 Å². The number of hydrogen-bond acceptors (Lipinski definition) is 4. The maximum absolute atomic E-state index is 11.6. The van der Waals surface area contributed by atoms with Gasteiger partial charge in [-0.2, -0.15) is 0 Å². The molecule has 0 aliphatic carbocycles. The summed E-state index contributed by atoms with van der Waals surface area (Å²) in [7, 11) is 0. The molecule has 0 unspecified atom stereocenters. The molecule has 0 amide bonds. The number of aliphatic hydroxyl groups excluding tert-OH is 1. The van der Waals surface area contributed by atoms with E-state index in [-0.39, 0.29) is 12.2 Å². The minimum absolute atomic E-state index is 0.000544. The standard InChI is InChI=1S/C12H13ClO4/c13-4-1-5-16-8-2-3-9-10(14)7-12(15)17-11(9)6-8/h2-3,6,12,15H,1,4-5,7H2/t12-/m0/s1. The van der Waals surface area contributed by atoms with E-state index in [4.69, 9.17) is 21.1 Å². The van der Waals surface area contributed by atoms with Crippen molar-refractivity contribution in [1.82, 2.24) is 0 Å². The molecule has 1 heterocycles. The maximum Gasteiger partial charge on any atom is 0.204 e. The number of Topliss-reactive ketones (excluding diaryl/α,β-unsaturated/α-hetero) is 1. The molecule has 0 fully saturated rings. The van der Waals surface area contributed by atoms with E-state index in [0.717, 1.165) is 6.42 Å². The van der Waals surface area contributed by atoms with Crippen LogP contribution in [-0.4, -0.2) is 29.7 Å². The Bertz CT molecular complexity index is 419. The summed E-state index contributed by atoms with van der Waals surface area (Å²) >= 11 is 5.54. The molecule has 1 atom stereocenters. The van der Waals surface area contributed by atoms with Crippen molar-refractivity contribution < 1.29 is 19.4 Å². The number of carbonyl (C=O) groups excluding carboxylic acids is 1. The number of hydrogen-bond donors (Lipinski definition) is 1. The molecule has 1 aromatic carbocycles. The van der Waals surface area contributed by atoms with Crippen LogP contribution in [0.5, 0.6) is 11.5 Å². The Hall–Kier alpha value is -1.26. The van der Waals surface area contributed by atoms with E-state index in [1.54, 1.807) is 18.2 Å². The van der Waals surface area contributed by atoms with Crippen LogP contribution in [0.4, 0.5) is 0 Å². The largest absolute Gasteiger partial charge is 0.493 e. The Balaban J connectivity index is 2.13. The third kappa shape index (κ3) is 2.90. The fourth-order valence-electron chi connectivity index (χ4n) is 1.62. The highest BCUT2D eigenvalue weighted by Crippen LogP contribution is 2.30. The molecule has 1 aliphatic heterocycles. The van der Waals surface area contributed by atoms with Gasteiger partial charge in [0, 0.05) is 11.9 Å². The summed E-state index contributed by atoms with van der Waals surface area (Å²) in [5.41, 5.74) is 0.486. The van der Waals surface area contributed by atoms with E-state index >= 15 is 0 Å². The average molecular weight is 257 g/mol. The molecular formula is C12H13ClO4. The molecule has 1 N–H and O–H groups in total. The van der Waals surface area contributed by atoms with Crippen LogP contribution in [0.15, 0.2) is 18.2 Å². The number of carbonyl (C=O) groups is 1. The van der Waals surface area contributed by atoms with E-state index in [1.807, 2.05) is 0 Å². The van der Waals surface area contributed by atoms with Gasteiger partial charge in [0.15, 0.2) is 5.78 Å². The molecule has 17 heavy (non-hydrogen) atoms. The lowest BCUT2D eigenvalue weighted by molar-refractivity contribution is -0.0247. The normalized spacial score (nSPS) is 18.5. The van der Waals surface area contributed by atoms with Gasteiger partial charge in [-0.15, -0.1) is 11.6 Å². The molecule has 0 bridgehead atoms. The van der Waals surface area contributed by atoms with Crippen LogP contribution < -0.4 is 9.47 Å². The third-order valence-corrected chi connectivity index (χ3v) is 2.69. The fourth-order valence-corrected chi connectivity index (χ4v) is 1.73. The molecule has 0 aromatic heterocycles. The lowest BCUT2D eigenvalue weighted by Crippen LogP contribution is -2.26. The van der Waals surface area contributed by atoms with Crippen molar-refractivity contribution in [1.29, 1.82) is 0 Å². The average Bonchev–Trinajstić information content (AvgIpc) is 2.28. The second kappa shape index (κ2) is 5.38. The topological polar surface area (TPSA) is 55.8 Å². The van der Waals surface area contributed by atoms with Gasteiger partial charge in [-0.1, -0.05) is 0 Å². The Labute approximate surface area is 104 Å². The number of rotatable bonds is 4. The molecule has 92 valence electrons. The first-order chi connectivity index (χ1) is 8.20. The van der Waals surface area contributed by atoms with Gasteiger partial charge >= 0.3 is 0 Å². The van der Waals surface area contributed by atoms with E-state index in [9.17, 15) is 9.90 Å². The summed E-state index contributed by atoms with van der Waals surface area (Å²) in [6.07, 6.45) is -0.311. The molecule has 1 aliphatic rings. The lowest BCUT2D eigenvalue weighted by Gasteiger charge is -2.21. The zero-order chi connectivity index (χ0) is 12.3. The summed E-state index contributed by atoms with van der Waals surface area (Å²) in [4.78, 5) is 11.6. The van der Waals surface area contributed by atoms with Crippen molar-refractivity contribution in [2.45, 2.75) is 19.1 Å². The molecule has 0 saturated heterocycles. The number of ketones is 1. The van der Waals surface area contributed by atoms with Crippen LogP contribution in [-0.2, 0) is 0 Å². The second-order valence-electron chi connectivity index (χ2n) is 3.75. The van der Waals surface area contributed by atoms with Gasteiger partial charge in [0.1, 0.15) is 11.5 Å². The van der Waals surface area contributed by atoms with Crippen molar-refractivity contribution in [3.63, 3.8) is 0 Å². The lowest BCUT2D eigenvalue weighted by atomic mass is 10.0. The Morgan fingerprint density at radius 3 is 3.12 bits per heavy atom. The maximum atomic E-state index is 11.6. The van der Waals surface area contributed by atoms with Crippen molar-refractivity contribution >= 4 is 17.4 Å². The highest BCUT2D eigenvalue weighted by atomic mass is 35.5. The molecule has 0 saturated carbocycles. The van der Waals surface area contributed by atoms with Crippen LogP contribution in [0, 0.1) is 0 Å². The van der Waals surface area contributed by atoms with E-state index in [1.165, 1.54) is 0 Å². The van der Waals surface area contributed by atoms with E-state index in [2.05, 4.69) is 0 Å². The van der Waals surface area contributed by atoms with Gasteiger partial charge in [-0.25, -0.2) is 0 Å². The highest BCUT2D eigenvalue weighted by Gasteiger charge is 2.24. The zero-order valence-corrected chi connectivity index (χ0v) is 9.94. The van der Waals surface area contributed by atoms with Crippen molar-refractivity contribution in [2.75, 3.05) is 12.5 Å². The minimum Gasteiger partial charge on any atom is -0.493 e. The summed E-state index contributed by atoms with van der Waals surface area (Å²) in [5, 5.41) is 9.33. The van der Waals surface area contributed by atoms with Crippen molar-refractivity contribution in [3.05, 3.63) is 23.8 Å². The quantitative estimate of drug-likeness (QED) is 0.661. The van der Waals surface area contributed by atoms with E-state index in [0.29, 0.717) is 29.5 Å². The Morgan fingerprint density at radius 1 is 1.53 bits per heavy atom. The first kappa shape index (κ1) is 12.2. The molecule has 0 radical (unpaired) electrons. The number of halogens is 1. The Morgan fingerprint density at radius 2 is 2.35 bits per heavy atom. The number of fused-ring (bicyclic) bond motifs is 1. The minimum atomic E-state index is -1.06. The number of alkyl halides is 1. The summed E-state index contributed by atoms with van der Waals surface area (Å²) in [6, 6.07) is 4.98. The molecule has 5 heteroatoms. The predicted molar refractivity (Wildman–Crippen MR) is 62.9 cm³/mol. The summed E-state index contributed by atoms with van der Waals surface area (Å²) < 4.78 is 10.6. The van der Waals surface area contributed by atoms with Gasteiger partial charge in [0.2, 0.25) is 6.29 Å². The first-order valence-electron chi connectivity index (χ1n) is 5.41. The van der Waals surface area contributed by atoms with Gasteiger partial charge in [0.05, 0.1) is 18.6 Å². The van der Waals surface area contributed by atoms with Crippen molar-refractivity contribution in [3.8, 4) is 11.5 Å². The van der Waals surface area contributed by atoms with Crippen LogP contribution in [0.25, 0.3) is 0 Å². The zero-order valence-electron chi connectivity index (χ0n) is 9.19. The van der Waals surface area contributed by atoms with Gasteiger partial charge in [0.25, 0.3) is 0 Å². The second-order valence-corrected chi connectivity index (χ2v) is 4.13. The third-order valence-electron chi connectivity index (χ3n) is 2.42.